The van der Waals surface area contributed by atoms with E-state index in [1.165, 1.54) is 12.8 Å². The van der Waals surface area contributed by atoms with E-state index in [0.29, 0.717) is 10.8 Å². The van der Waals surface area contributed by atoms with Crippen LogP contribution in [0.4, 0.5) is 0 Å². The molecule has 2 unspecified atom stereocenters. The molecule has 2 atom stereocenters. The van der Waals surface area contributed by atoms with Gasteiger partial charge in [0.1, 0.15) is 0 Å². The minimum absolute atomic E-state index is 0.472. The molecule has 13 heavy (non-hydrogen) atoms. The van der Waals surface area contributed by atoms with Crippen molar-refractivity contribution >= 4 is 0 Å². The average Bonchev–Trinajstić information content (AvgIpc) is 2.28. The molecule has 77 valence electrons. The van der Waals surface area contributed by atoms with Crippen molar-refractivity contribution in [2.75, 3.05) is 0 Å². The van der Waals surface area contributed by atoms with E-state index in [-0.39, 0.29) is 0 Å². The molecule has 0 bridgehead atoms. The van der Waals surface area contributed by atoms with E-state index < -0.39 is 0 Å². The lowest BCUT2D eigenvalue weighted by molar-refractivity contribution is 0.261. The Labute approximate surface area is 84.1 Å². The Balaban J connectivity index is 2.55. The molecule has 0 N–H and O–H groups in total. The van der Waals surface area contributed by atoms with Gasteiger partial charge in [0.25, 0.3) is 0 Å². The predicted octanol–water partition coefficient (Wildman–Crippen LogP) is 4.31. The zero-order valence-corrected chi connectivity index (χ0v) is 10.1. The maximum atomic E-state index is 2.61. The largest absolute Gasteiger partial charge is 0.0599 e. The van der Waals surface area contributed by atoms with Gasteiger partial charge in [-0.25, -0.2) is 0 Å². The Hall–Kier alpha value is 0. The lowest BCUT2D eigenvalue weighted by Crippen LogP contribution is -2.22. The molecular weight excluding hydrogens is 156 g/mol. The summed E-state index contributed by atoms with van der Waals surface area (Å²) in [5.74, 6) is 1.66. The van der Waals surface area contributed by atoms with Crippen LogP contribution in [0.2, 0.25) is 0 Å². The standard InChI is InChI=1S/C13H25/c1-12(2,3)10-7-8-11(9-10)13(4,5)6/h9-11H,7-8H2,1-6H3. The molecule has 1 rings (SSSR count). The molecular formula is C13H25. The predicted molar refractivity (Wildman–Crippen MR) is 59.4 cm³/mol. The SMILES string of the molecule is CC(C)(C)C1[CH]C(C(C)(C)C)CC1. The first-order chi connectivity index (χ1) is 5.71. The monoisotopic (exact) mass is 181 g/mol. The average molecular weight is 181 g/mol. The minimum atomic E-state index is 0.472. The lowest BCUT2D eigenvalue weighted by Gasteiger charge is -2.30. The molecule has 0 amide bonds. The quantitative estimate of drug-likeness (QED) is 0.522. The molecule has 1 radical (unpaired) electrons. The van der Waals surface area contributed by atoms with Crippen LogP contribution in [0.1, 0.15) is 54.4 Å². The first kappa shape index (κ1) is 11.1. The van der Waals surface area contributed by atoms with Crippen LogP contribution in [0.5, 0.6) is 0 Å². The van der Waals surface area contributed by atoms with Crippen molar-refractivity contribution in [3.63, 3.8) is 0 Å². The van der Waals surface area contributed by atoms with E-state index in [1.807, 2.05) is 0 Å². The molecule has 0 saturated heterocycles. The van der Waals surface area contributed by atoms with Gasteiger partial charge in [0.05, 0.1) is 0 Å². The zero-order valence-electron chi connectivity index (χ0n) is 10.1. The fourth-order valence-corrected chi connectivity index (χ4v) is 2.28. The van der Waals surface area contributed by atoms with Crippen LogP contribution in [-0.4, -0.2) is 0 Å². The summed E-state index contributed by atoms with van der Waals surface area (Å²) in [4.78, 5) is 0. The van der Waals surface area contributed by atoms with Gasteiger partial charge in [-0.2, -0.15) is 0 Å². The van der Waals surface area contributed by atoms with Gasteiger partial charge in [-0.3, -0.25) is 0 Å². The van der Waals surface area contributed by atoms with Crippen LogP contribution < -0.4 is 0 Å². The van der Waals surface area contributed by atoms with Gasteiger partial charge in [-0.05, 0) is 41.9 Å². The molecule has 0 aromatic rings. The molecule has 0 heterocycles. The first-order valence-electron chi connectivity index (χ1n) is 5.56. The summed E-state index contributed by atoms with van der Waals surface area (Å²) in [6.45, 7) is 14.2. The summed E-state index contributed by atoms with van der Waals surface area (Å²) in [7, 11) is 0. The van der Waals surface area contributed by atoms with E-state index in [0.717, 1.165) is 11.8 Å². The van der Waals surface area contributed by atoms with Crippen molar-refractivity contribution in [2.45, 2.75) is 54.4 Å². The van der Waals surface area contributed by atoms with E-state index in [1.54, 1.807) is 0 Å². The van der Waals surface area contributed by atoms with E-state index >= 15 is 0 Å². The summed E-state index contributed by atoms with van der Waals surface area (Å²) >= 11 is 0. The van der Waals surface area contributed by atoms with Crippen molar-refractivity contribution in [1.29, 1.82) is 0 Å². The van der Waals surface area contributed by atoms with Crippen LogP contribution in [0.25, 0.3) is 0 Å². The van der Waals surface area contributed by atoms with E-state index in [4.69, 9.17) is 0 Å². The molecule has 1 aliphatic rings. The fraction of sp³-hybridized carbons (Fsp3) is 0.923. The van der Waals surface area contributed by atoms with Crippen molar-refractivity contribution in [3.05, 3.63) is 6.42 Å². The third kappa shape index (κ3) is 2.72. The molecule has 0 aromatic carbocycles. The highest BCUT2D eigenvalue weighted by molar-refractivity contribution is 5.00. The first-order valence-corrected chi connectivity index (χ1v) is 5.56. The summed E-state index contributed by atoms with van der Waals surface area (Å²) < 4.78 is 0. The lowest BCUT2D eigenvalue weighted by atomic mass is 9.75. The van der Waals surface area contributed by atoms with Gasteiger partial charge in [-0.15, -0.1) is 0 Å². The molecule has 0 nitrogen and oxygen atoms in total. The number of hydrogen-bond donors (Lipinski definition) is 0. The molecule has 1 aliphatic carbocycles. The van der Waals surface area contributed by atoms with Crippen molar-refractivity contribution < 1.29 is 0 Å². The van der Waals surface area contributed by atoms with Crippen LogP contribution in [0.15, 0.2) is 0 Å². The topological polar surface area (TPSA) is 0 Å². The molecule has 1 fully saturated rings. The van der Waals surface area contributed by atoms with Crippen molar-refractivity contribution in [2.24, 2.45) is 22.7 Å². The Kier molecular flexibility index (Phi) is 2.81. The highest BCUT2D eigenvalue weighted by Gasteiger charge is 2.37. The number of rotatable bonds is 0. The molecule has 0 spiro atoms. The van der Waals surface area contributed by atoms with E-state index in [2.05, 4.69) is 48.0 Å². The van der Waals surface area contributed by atoms with Crippen molar-refractivity contribution in [3.8, 4) is 0 Å². The second-order valence-corrected chi connectivity index (χ2v) is 6.71. The fourth-order valence-electron chi connectivity index (χ4n) is 2.28. The molecule has 0 aliphatic heterocycles. The number of hydrogen-bond acceptors (Lipinski definition) is 0. The van der Waals surface area contributed by atoms with Crippen LogP contribution in [-0.2, 0) is 0 Å². The summed E-state index contributed by atoms with van der Waals surface area (Å²) in [5.41, 5.74) is 0.944. The Morgan fingerprint density at radius 3 is 1.23 bits per heavy atom. The summed E-state index contributed by atoms with van der Waals surface area (Å²) in [6.07, 6.45) is 5.40. The maximum absolute atomic E-state index is 2.61. The Morgan fingerprint density at radius 1 is 0.769 bits per heavy atom. The maximum Gasteiger partial charge on any atom is -0.0313 e. The zero-order chi connectivity index (χ0) is 10.3. The highest BCUT2D eigenvalue weighted by atomic mass is 14.4. The third-order valence-corrected chi connectivity index (χ3v) is 3.48. The van der Waals surface area contributed by atoms with Crippen LogP contribution in [0.3, 0.4) is 0 Å². The summed E-state index contributed by atoms with van der Waals surface area (Å²) in [6, 6.07) is 0. The smallest absolute Gasteiger partial charge is 0.0313 e. The van der Waals surface area contributed by atoms with Gasteiger partial charge in [0, 0.05) is 0 Å². The molecule has 1 saturated carbocycles. The van der Waals surface area contributed by atoms with Gasteiger partial charge in [0.2, 0.25) is 0 Å². The van der Waals surface area contributed by atoms with E-state index in [9.17, 15) is 0 Å². The second-order valence-electron chi connectivity index (χ2n) is 6.71. The van der Waals surface area contributed by atoms with Crippen molar-refractivity contribution in [1.82, 2.24) is 0 Å². The highest BCUT2D eigenvalue weighted by Crippen LogP contribution is 2.47. The van der Waals surface area contributed by atoms with Crippen LogP contribution in [0, 0.1) is 29.1 Å². The normalized spacial score (nSPS) is 30.9. The van der Waals surface area contributed by atoms with Gasteiger partial charge < -0.3 is 0 Å². The van der Waals surface area contributed by atoms with Gasteiger partial charge in [-0.1, -0.05) is 41.5 Å². The van der Waals surface area contributed by atoms with Gasteiger partial charge >= 0.3 is 0 Å². The molecule has 0 heteroatoms. The Bertz CT molecular complexity index is 145. The third-order valence-electron chi connectivity index (χ3n) is 3.48. The molecule has 0 aromatic heterocycles. The van der Waals surface area contributed by atoms with Crippen LogP contribution >= 0.6 is 0 Å². The summed E-state index contributed by atoms with van der Waals surface area (Å²) in [5, 5.41) is 0. The Morgan fingerprint density at radius 2 is 1.08 bits per heavy atom. The second kappa shape index (κ2) is 3.29. The minimum Gasteiger partial charge on any atom is -0.0599 e. The van der Waals surface area contributed by atoms with Gasteiger partial charge in [0.15, 0.2) is 0 Å².